The summed E-state index contributed by atoms with van der Waals surface area (Å²) in [5.74, 6) is -0.0469. The van der Waals surface area contributed by atoms with Crippen molar-refractivity contribution >= 4 is 11.6 Å². The molecule has 5 nitrogen and oxygen atoms in total. The van der Waals surface area contributed by atoms with Crippen LogP contribution in [0, 0.1) is 5.41 Å². The van der Waals surface area contributed by atoms with Crippen molar-refractivity contribution in [3.05, 3.63) is 24.0 Å². The largest absolute Gasteiger partial charge is 0.397 e. The molecule has 0 fully saturated rings. The second-order valence-electron chi connectivity index (χ2n) is 5.53. The molecule has 4 N–H and O–H groups in total. The van der Waals surface area contributed by atoms with Gasteiger partial charge in [-0.2, -0.15) is 0 Å². The monoisotopic (exact) mass is 265 g/mol. The zero-order valence-electron chi connectivity index (χ0n) is 11.6. The highest BCUT2D eigenvalue weighted by atomic mass is 16.2. The Morgan fingerprint density at radius 3 is 2.79 bits per heavy atom. The minimum absolute atomic E-state index is 0.00701. The number of nitrogens with two attached hydrogens (primary N) is 1. The Hall–Kier alpha value is -1.62. The van der Waals surface area contributed by atoms with Crippen LogP contribution in [-0.2, 0) is 11.2 Å². The lowest BCUT2D eigenvalue weighted by molar-refractivity contribution is -0.120. The molecule has 19 heavy (non-hydrogen) atoms. The Balaban J connectivity index is 2.37. The van der Waals surface area contributed by atoms with Crippen molar-refractivity contribution in [2.24, 2.45) is 5.41 Å². The van der Waals surface area contributed by atoms with Crippen LogP contribution in [0.15, 0.2) is 18.3 Å². The Morgan fingerprint density at radius 2 is 2.21 bits per heavy atom. The van der Waals surface area contributed by atoms with Crippen molar-refractivity contribution in [2.75, 3.05) is 18.9 Å². The molecule has 0 aliphatic carbocycles. The number of anilines is 1. The average molecular weight is 265 g/mol. The predicted molar refractivity (Wildman–Crippen MR) is 75.5 cm³/mol. The van der Waals surface area contributed by atoms with Gasteiger partial charge in [0, 0.05) is 18.8 Å². The predicted octanol–water partition coefficient (Wildman–Crippen LogP) is 1.12. The normalized spacial score (nSPS) is 11.3. The van der Waals surface area contributed by atoms with Gasteiger partial charge in [-0.15, -0.1) is 0 Å². The van der Waals surface area contributed by atoms with Gasteiger partial charge in [0.1, 0.15) is 0 Å². The third-order valence-corrected chi connectivity index (χ3v) is 2.97. The number of pyridine rings is 1. The van der Waals surface area contributed by atoms with Crippen LogP contribution >= 0.6 is 0 Å². The Labute approximate surface area is 114 Å². The van der Waals surface area contributed by atoms with Crippen LogP contribution < -0.4 is 11.1 Å². The molecule has 0 saturated carbocycles. The van der Waals surface area contributed by atoms with Gasteiger partial charge < -0.3 is 16.2 Å². The van der Waals surface area contributed by atoms with E-state index in [-0.39, 0.29) is 24.3 Å². The van der Waals surface area contributed by atoms with Crippen LogP contribution in [-0.4, -0.2) is 29.1 Å². The van der Waals surface area contributed by atoms with Gasteiger partial charge in [0.05, 0.1) is 18.3 Å². The molecular formula is C14H23N3O2. The van der Waals surface area contributed by atoms with Crippen LogP contribution in [0.5, 0.6) is 0 Å². The van der Waals surface area contributed by atoms with Gasteiger partial charge in [0.2, 0.25) is 5.91 Å². The van der Waals surface area contributed by atoms with E-state index >= 15 is 0 Å². The summed E-state index contributed by atoms with van der Waals surface area (Å²) in [4.78, 5) is 15.9. The maximum atomic E-state index is 11.8. The van der Waals surface area contributed by atoms with Crippen LogP contribution in [0.4, 0.5) is 5.69 Å². The average Bonchev–Trinajstić information content (AvgIpc) is 2.37. The maximum Gasteiger partial charge on any atom is 0.226 e. The third-order valence-electron chi connectivity index (χ3n) is 2.97. The number of carbonyl (C=O) groups is 1. The van der Waals surface area contributed by atoms with Crippen molar-refractivity contribution in [1.29, 1.82) is 0 Å². The molecule has 1 aromatic heterocycles. The fourth-order valence-corrected chi connectivity index (χ4v) is 1.75. The van der Waals surface area contributed by atoms with E-state index in [1.807, 2.05) is 0 Å². The van der Waals surface area contributed by atoms with E-state index in [1.165, 1.54) is 0 Å². The molecule has 0 radical (unpaired) electrons. The molecule has 0 aliphatic heterocycles. The standard InChI is InChI=1S/C14H23N3O2/c1-14(2,6-3-7-18)10-17-13(19)8-12-5-4-11(15)9-16-12/h4-5,9,18H,3,6-8,10,15H2,1-2H3,(H,17,19). The zero-order chi connectivity index (χ0) is 14.3. The highest BCUT2D eigenvalue weighted by molar-refractivity contribution is 5.78. The van der Waals surface area contributed by atoms with Gasteiger partial charge in [-0.1, -0.05) is 13.8 Å². The summed E-state index contributed by atoms with van der Waals surface area (Å²) in [5.41, 5.74) is 6.83. The van der Waals surface area contributed by atoms with E-state index in [9.17, 15) is 4.79 Å². The van der Waals surface area contributed by atoms with Crippen LogP contribution in [0.2, 0.25) is 0 Å². The fraction of sp³-hybridized carbons (Fsp3) is 0.571. The molecular weight excluding hydrogens is 242 g/mol. The number of aliphatic hydroxyl groups is 1. The van der Waals surface area contributed by atoms with Crippen molar-refractivity contribution < 1.29 is 9.90 Å². The number of nitrogens with one attached hydrogen (secondary N) is 1. The van der Waals surface area contributed by atoms with E-state index in [0.29, 0.717) is 17.9 Å². The molecule has 0 spiro atoms. The molecule has 106 valence electrons. The van der Waals surface area contributed by atoms with Crippen molar-refractivity contribution in [1.82, 2.24) is 10.3 Å². The highest BCUT2D eigenvalue weighted by Gasteiger charge is 2.18. The van der Waals surface area contributed by atoms with E-state index in [0.717, 1.165) is 12.8 Å². The van der Waals surface area contributed by atoms with E-state index in [1.54, 1.807) is 18.3 Å². The SMILES string of the molecule is CC(C)(CCCO)CNC(=O)Cc1ccc(N)cn1. The second kappa shape index (κ2) is 7.09. The maximum absolute atomic E-state index is 11.8. The summed E-state index contributed by atoms with van der Waals surface area (Å²) in [6, 6.07) is 3.49. The summed E-state index contributed by atoms with van der Waals surface area (Å²) < 4.78 is 0. The van der Waals surface area contributed by atoms with E-state index in [4.69, 9.17) is 10.8 Å². The number of amides is 1. The molecule has 0 atom stereocenters. The van der Waals surface area contributed by atoms with Crippen molar-refractivity contribution in [2.45, 2.75) is 33.1 Å². The molecule has 1 heterocycles. The number of hydrogen-bond acceptors (Lipinski definition) is 4. The number of hydrogen-bond donors (Lipinski definition) is 3. The smallest absolute Gasteiger partial charge is 0.226 e. The number of carbonyl (C=O) groups excluding carboxylic acids is 1. The van der Waals surface area contributed by atoms with Gasteiger partial charge in [0.25, 0.3) is 0 Å². The Bertz CT molecular complexity index is 402. The fourth-order valence-electron chi connectivity index (χ4n) is 1.75. The quantitative estimate of drug-likeness (QED) is 0.689. The summed E-state index contributed by atoms with van der Waals surface area (Å²) in [7, 11) is 0. The first kappa shape index (κ1) is 15.4. The molecule has 1 aromatic rings. The van der Waals surface area contributed by atoms with Gasteiger partial charge >= 0.3 is 0 Å². The Morgan fingerprint density at radius 1 is 1.47 bits per heavy atom. The van der Waals surface area contributed by atoms with Gasteiger partial charge in [-0.25, -0.2) is 0 Å². The molecule has 5 heteroatoms. The topological polar surface area (TPSA) is 88.2 Å². The first-order valence-electron chi connectivity index (χ1n) is 6.51. The molecule has 0 aliphatic rings. The molecule has 1 amide bonds. The summed E-state index contributed by atoms with van der Waals surface area (Å²) >= 11 is 0. The lowest BCUT2D eigenvalue weighted by Crippen LogP contribution is -2.35. The van der Waals surface area contributed by atoms with E-state index in [2.05, 4.69) is 24.1 Å². The summed E-state index contributed by atoms with van der Waals surface area (Å²) in [5, 5.41) is 11.7. The van der Waals surface area contributed by atoms with Crippen LogP contribution in [0.3, 0.4) is 0 Å². The third kappa shape index (κ3) is 6.20. The lowest BCUT2D eigenvalue weighted by Gasteiger charge is -2.24. The molecule has 0 unspecified atom stereocenters. The number of nitrogen functional groups attached to an aromatic ring is 1. The second-order valence-corrected chi connectivity index (χ2v) is 5.53. The first-order valence-corrected chi connectivity index (χ1v) is 6.51. The summed E-state index contributed by atoms with van der Waals surface area (Å²) in [6.07, 6.45) is 3.44. The Kier molecular flexibility index (Phi) is 5.76. The van der Waals surface area contributed by atoms with Gasteiger partial charge in [-0.05, 0) is 30.4 Å². The summed E-state index contributed by atoms with van der Waals surface area (Å²) in [6.45, 7) is 4.93. The minimum Gasteiger partial charge on any atom is -0.397 e. The van der Waals surface area contributed by atoms with Crippen molar-refractivity contribution in [3.8, 4) is 0 Å². The number of aliphatic hydroxyl groups excluding tert-OH is 1. The zero-order valence-corrected chi connectivity index (χ0v) is 11.6. The number of rotatable bonds is 7. The van der Waals surface area contributed by atoms with Crippen molar-refractivity contribution in [3.63, 3.8) is 0 Å². The van der Waals surface area contributed by atoms with Crippen LogP contribution in [0.1, 0.15) is 32.4 Å². The first-order chi connectivity index (χ1) is 8.93. The van der Waals surface area contributed by atoms with Gasteiger partial charge in [-0.3, -0.25) is 9.78 Å². The molecule has 0 bridgehead atoms. The highest BCUT2D eigenvalue weighted by Crippen LogP contribution is 2.20. The van der Waals surface area contributed by atoms with Crippen LogP contribution in [0.25, 0.3) is 0 Å². The lowest BCUT2D eigenvalue weighted by atomic mass is 9.88. The molecule has 0 saturated heterocycles. The minimum atomic E-state index is -0.0469. The number of aromatic nitrogens is 1. The molecule has 1 rings (SSSR count). The number of nitrogens with zero attached hydrogens (tertiary/aromatic N) is 1. The molecule has 0 aromatic carbocycles. The van der Waals surface area contributed by atoms with Gasteiger partial charge in [0.15, 0.2) is 0 Å². The van der Waals surface area contributed by atoms with E-state index < -0.39 is 0 Å².